The average Bonchev–Trinajstić information content (AvgIpc) is 2.70. The average molecular weight is 273 g/mol. The smallest absolute Gasteiger partial charge is 0.319 e. The van der Waals surface area contributed by atoms with Crippen LogP contribution in [0.25, 0.3) is 10.9 Å². The van der Waals surface area contributed by atoms with Gasteiger partial charge in [-0.3, -0.25) is 0 Å². The summed E-state index contributed by atoms with van der Waals surface area (Å²) in [5, 5.41) is 6.82. The second kappa shape index (κ2) is 5.99. The summed E-state index contributed by atoms with van der Waals surface area (Å²) in [5.74, 6) is 0.611. The molecule has 4 nitrogen and oxygen atoms in total. The van der Waals surface area contributed by atoms with E-state index in [4.69, 9.17) is 0 Å². The minimum Gasteiger partial charge on any atom is -0.347 e. The Bertz CT molecular complexity index is 599. The molecular formula is C16H23N3O. The van der Waals surface area contributed by atoms with Crippen LogP contribution in [0.3, 0.4) is 0 Å². The molecule has 0 saturated heterocycles. The number of nitrogens with one attached hydrogen (secondary N) is 2. The van der Waals surface area contributed by atoms with Crippen molar-refractivity contribution in [2.75, 3.05) is 5.32 Å². The van der Waals surface area contributed by atoms with Crippen LogP contribution in [0.2, 0.25) is 0 Å². The van der Waals surface area contributed by atoms with Crippen LogP contribution in [-0.2, 0) is 6.54 Å². The Hall–Kier alpha value is -1.97. The number of aromatic nitrogens is 1. The first-order valence-electron chi connectivity index (χ1n) is 7.12. The van der Waals surface area contributed by atoms with Crippen LogP contribution in [0.1, 0.15) is 27.7 Å². The summed E-state index contributed by atoms with van der Waals surface area (Å²) < 4.78 is 2.25. The van der Waals surface area contributed by atoms with Gasteiger partial charge in [-0.1, -0.05) is 13.8 Å². The van der Waals surface area contributed by atoms with Gasteiger partial charge in [-0.15, -0.1) is 0 Å². The maximum absolute atomic E-state index is 11.7. The largest absolute Gasteiger partial charge is 0.347 e. The summed E-state index contributed by atoms with van der Waals surface area (Å²) >= 11 is 0. The summed E-state index contributed by atoms with van der Waals surface area (Å²) in [6.45, 7) is 9.30. The molecule has 0 fully saturated rings. The number of rotatable bonds is 4. The lowest BCUT2D eigenvalue weighted by atomic mass is 10.2. The molecule has 0 spiro atoms. The Morgan fingerprint density at radius 1 is 1.20 bits per heavy atom. The minimum atomic E-state index is -0.166. The molecule has 0 unspecified atom stereocenters. The number of benzene rings is 1. The van der Waals surface area contributed by atoms with Gasteiger partial charge in [0.1, 0.15) is 0 Å². The SMILES string of the molecule is CC(C)Cn1ccc2cc(NC(=O)NC(C)C)ccc21. The van der Waals surface area contributed by atoms with Gasteiger partial charge < -0.3 is 15.2 Å². The summed E-state index contributed by atoms with van der Waals surface area (Å²) in [6, 6.07) is 8.06. The van der Waals surface area contributed by atoms with Crippen LogP contribution in [0.4, 0.5) is 10.5 Å². The molecule has 2 aromatic rings. The fraction of sp³-hybridized carbons (Fsp3) is 0.438. The summed E-state index contributed by atoms with van der Waals surface area (Å²) in [4.78, 5) is 11.7. The molecule has 1 aromatic heterocycles. The zero-order chi connectivity index (χ0) is 14.7. The lowest BCUT2D eigenvalue weighted by Gasteiger charge is -2.11. The highest BCUT2D eigenvalue weighted by atomic mass is 16.2. The number of nitrogens with zero attached hydrogens (tertiary/aromatic N) is 1. The van der Waals surface area contributed by atoms with Crippen LogP contribution in [-0.4, -0.2) is 16.6 Å². The molecule has 1 aromatic carbocycles. The van der Waals surface area contributed by atoms with Crippen LogP contribution < -0.4 is 10.6 Å². The third kappa shape index (κ3) is 3.53. The summed E-state index contributed by atoms with van der Waals surface area (Å²) in [5.41, 5.74) is 2.02. The third-order valence-corrected chi connectivity index (χ3v) is 3.01. The molecule has 2 rings (SSSR count). The van der Waals surface area contributed by atoms with Crippen molar-refractivity contribution < 1.29 is 4.79 Å². The van der Waals surface area contributed by atoms with Crippen molar-refractivity contribution in [1.29, 1.82) is 0 Å². The number of carbonyl (C=O) groups is 1. The van der Waals surface area contributed by atoms with E-state index in [0.717, 1.165) is 17.6 Å². The molecule has 0 radical (unpaired) electrons. The number of fused-ring (bicyclic) bond motifs is 1. The van der Waals surface area contributed by atoms with Crippen molar-refractivity contribution in [3.8, 4) is 0 Å². The lowest BCUT2D eigenvalue weighted by Crippen LogP contribution is -2.34. The molecule has 0 atom stereocenters. The molecular weight excluding hydrogens is 250 g/mol. The summed E-state index contributed by atoms with van der Waals surface area (Å²) in [7, 11) is 0. The highest BCUT2D eigenvalue weighted by Gasteiger charge is 2.06. The summed E-state index contributed by atoms with van der Waals surface area (Å²) in [6.07, 6.45) is 2.10. The third-order valence-electron chi connectivity index (χ3n) is 3.01. The Kier molecular flexibility index (Phi) is 4.32. The fourth-order valence-corrected chi connectivity index (χ4v) is 2.26. The zero-order valence-electron chi connectivity index (χ0n) is 12.6. The van der Waals surface area contributed by atoms with Gasteiger partial charge in [-0.2, -0.15) is 0 Å². The van der Waals surface area contributed by atoms with Crippen LogP contribution >= 0.6 is 0 Å². The highest BCUT2D eigenvalue weighted by Crippen LogP contribution is 2.21. The number of urea groups is 1. The van der Waals surface area contributed by atoms with Gasteiger partial charge in [0.25, 0.3) is 0 Å². The van der Waals surface area contributed by atoms with Gasteiger partial charge >= 0.3 is 6.03 Å². The number of carbonyl (C=O) groups excluding carboxylic acids is 1. The molecule has 108 valence electrons. The van der Waals surface area contributed by atoms with Crippen molar-refractivity contribution in [2.45, 2.75) is 40.3 Å². The van der Waals surface area contributed by atoms with Crippen LogP contribution in [0.15, 0.2) is 30.5 Å². The lowest BCUT2D eigenvalue weighted by molar-refractivity contribution is 0.250. The highest BCUT2D eigenvalue weighted by molar-refractivity contribution is 5.93. The van der Waals surface area contributed by atoms with Gasteiger partial charge in [0.2, 0.25) is 0 Å². The van der Waals surface area contributed by atoms with E-state index in [1.807, 2.05) is 26.0 Å². The normalized spacial score (nSPS) is 11.3. The molecule has 2 amide bonds. The number of anilines is 1. The van der Waals surface area contributed by atoms with E-state index in [1.54, 1.807) is 0 Å². The van der Waals surface area contributed by atoms with Gasteiger partial charge in [-0.05, 0) is 44.0 Å². The first-order chi connectivity index (χ1) is 9.45. The van der Waals surface area contributed by atoms with Crippen molar-refractivity contribution >= 4 is 22.6 Å². The van der Waals surface area contributed by atoms with Crippen molar-refractivity contribution in [3.05, 3.63) is 30.5 Å². The fourth-order valence-electron chi connectivity index (χ4n) is 2.26. The molecule has 0 saturated carbocycles. The van der Waals surface area contributed by atoms with E-state index >= 15 is 0 Å². The van der Waals surface area contributed by atoms with Crippen molar-refractivity contribution in [2.24, 2.45) is 5.92 Å². The molecule has 20 heavy (non-hydrogen) atoms. The monoisotopic (exact) mass is 273 g/mol. The van der Waals surface area contributed by atoms with Crippen molar-refractivity contribution in [3.63, 3.8) is 0 Å². The predicted molar refractivity (Wildman–Crippen MR) is 84.1 cm³/mol. The van der Waals surface area contributed by atoms with Gasteiger partial charge in [-0.25, -0.2) is 4.79 Å². The second-order valence-corrected chi connectivity index (χ2v) is 5.89. The maximum atomic E-state index is 11.7. The van der Waals surface area contributed by atoms with Crippen LogP contribution in [0, 0.1) is 5.92 Å². The number of hydrogen-bond donors (Lipinski definition) is 2. The van der Waals surface area contributed by atoms with E-state index in [9.17, 15) is 4.79 Å². The quantitative estimate of drug-likeness (QED) is 0.873. The first-order valence-corrected chi connectivity index (χ1v) is 7.12. The van der Waals surface area contributed by atoms with E-state index in [-0.39, 0.29) is 12.1 Å². The van der Waals surface area contributed by atoms with Gasteiger partial charge in [0, 0.05) is 35.4 Å². The standard InChI is InChI=1S/C16H23N3O/c1-11(2)10-19-8-7-13-9-14(5-6-15(13)19)18-16(20)17-12(3)4/h5-9,11-12H,10H2,1-4H3,(H2,17,18,20). The molecule has 0 aliphatic heterocycles. The van der Waals surface area contributed by atoms with Gasteiger partial charge in [0.15, 0.2) is 0 Å². The van der Waals surface area contributed by atoms with E-state index < -0.39 is 0 Å². The molecule has 4 heteroatoms. The molecule has 0 aliphatic carbocycles. The Labute approximate surface area is 120 Å². The Balaban J connectivity index is 2.16. The van der Waals surface area contributed by atoms with Gasteiger partial charge in [0.05, 0.1) is 0 Å². The van der Waals surface area contributed by atoms with E-state index in [0.29, 0.717) is 5.92 Å². The van der Waals surface area contributed by atoms with Crippen LogP contribution in [0.5, 0.6) is 0 Å². The first kappa shape index (κ1) is 14.4. The van der Waals surface area contributed by atoms with E-state index in [1.165, 1.54) is 5.52 Å². The Morgan fingerprint density at radius 3 is 2.60 bits per heavy atom. The molecule has 0 aliphatic rings. The van der Waals surface area contributed by atoms with E-state index in [2.05, 4.69) is 47.4 Å². The maximum Gasteiger partial charge on any atom is 0.319 e. The zero-order valence-corrected chi connectivity index (χ0v) is 12.6. The predicted octanol–water partition coefficient (Wildman–Crippen LogP) is 3.83. The Morgan fingerprint density at radius 2 is 1.95 bits per heavy atom. The number of amides is 2. The topological polar surface area (TPSA) is 46.1 Å². The second-order valence-electron chi connectivity index (χ2n) is 5.89. The van der Waals surface area contributed by atoms with Crippen molar-refractivity contribution in [1.82, 2.24) is 9.88 Å². The molecule has 1 heterocycles. The molecule has 2 N–H and O–H groups in total. The number of hydrogen-bond acceptors (Lipinski definition) is 1. The molecule has 0 bridgehead atoms. The minimum absolute atomic E-state index is 0.130.